The van der Waals surface area contributed by atoms with Crippen LogP contribution < -0.4 is 0 Å². The molecule has 1 rings (SSSR count). The first-order valence-electron chi connectivity index (χ1n) is 3.36. The summed E-state index contributed by atoms with van der Waals surface area (Å²) in [6.45, 7) is 0. The summed E-state index contributed by atoms with van der Waals surface area (Å²) in [5.41, 5.74) is 0.187. The molecule has 5 heteroatoms. The first-order chi connectivity index (χ1) is 5.99. The van der Waals surface area contributed by atoms with Crippen molar-refractivity contribution in [2.45, 2.75) is 0 Å². The molecule has 0 saturated carbocycles. The Morgan fingerprint density at radius 2 is 1.85 bits per heavy atom. The molecule has 13 heavy (non-hydrogen) atoms. The second-order valence-electron chi connectivity index (χ2n) is 2.31. The molecule has 70 valence electrons. The fourth-order valence-electron chi connectivity index (χ4n) is 0.789. The minimum absolute atomic E-state index is 0.187. The van der Waals surface area contributed by atoms with E-state index >= 15 is 0 Å². The Morgan fingerprint density at radius 3 is 2.31 bits per heavy atom. The Kier molecular flexibility index (Phi) is 3.06. The molecule has 0 unspecified atom stereocenters. The molecule has 0 N–H and O–H groups in total. The second-order valence-corrected chi connectivity index (χ2v) is 4.78. The van der Waals surface area contributed by atoms with Crippen molar-refractivity contribution in [1.29, 1.82) is 0 Å². The fraction of sp³-hybridized carbons (Fsp3) is 0. The van der Waals surface area contributed by atoms with Crippen molar-refractivity contribution in [3.05, 3.63) is 41.3 Å². The quantitative estimate of drug-likeness (QED) is 0.718. The van der Waals surface area contributed by atoms with Crippen molar-refractivity contribution < 1.29 is 12.8 Å². The van der Waals surface area contributed by atoms with Crippen molar-refractivity contribution in [2.75, 3.05) is 0 Å². The largest absolute Gasteiger partial charge is 0.257 e. The van der Waals surface area contributed by atoms with E-state index in [1.807, 2.05) is 0 Å². The number of benzene rings is 1. The van der Waals surface area contributed by atoms with E-state index in [0.717, 1.165) is 0 Å². The van der Waals surface area contributed by atoms with Crippen LogP contribution in [-0.4, -0.2) is 8.42 Å². The van der Waals surface area contributed by atoms with Gasteiger partial charge in [0.2, 0.25) is 0 Å². The highest BCUT2D eigenvalue weighted by molar-refractivity contribution is 8.16. The lowest BCUT2D eigenvalue weighted by molar-refractivity contribution is 0.616. The maximum atomic E-state index is 13.0. The molecule has 0 amide bonds. The minimum Gasteiger partial charge on any atom is -0.207 e. The van der Waals surface area contributed by atoms with E-state index in [1.165, 1.54) is 12.1 Å². The lowest BCUT2D eigenvalue weighted by Gasteiger charge is -1.94. The van der Waals surface area contributed by atoms with E-state index in [9.17, 15) is 12.8 Å². The Morgan fingerprint density at radius 1 is 1.31 bits per heavy atom. The van der Waals surface area contributed by atoms with Gasteiger partial charge < -0.3 is 0 Å². The Hall–Kier alpha value is -0.870. The highest BCUT2D eigenvalue weighted by atomic mass is 35.7. The minimum atomic E-state index is -3.94. The highest BCUT2D eigenvalue weighted by Crippen LogP contribution is 2.17. The third-order valence-electron chi connectivity index (χ3n) is 1.29. The third kappa shape index (κ3) is 3.57. The summed E-state index contributed by atoms with van der Waals surface area (Å²) in [6.07, 6.45) is 0. The molecule has 1 aromatic carbocycles. The SMILES string of the molecule is O=S(=O)(Cl)/C=C(/F)c1ccccc1. The van der Waals surface area contributed by atoms with Crippen molar-refractivity contribution in [2.24, 2.45) is 0 Å². The van der Waals surface area contributed by atoms with Crippen molar-refractivity contribution in [3.8, 4) is 0 Å². The van der Waals surface area contributed by atoms with E-state index in [2.05, 4.69) is 0 Å². The molecule has 1 aromatic rings. The molecule has 0 radical (unpaired) electrons. The maximum absolute atomic E-state index is 13.0. The fourth-order valence-corrected chi connectivity index (χ4v) is 1.41. The number of hydrogen-bond donors (Lipinski definition) is 0. The van der Waals surface area contributed by atoms with Crippen LogP contribution in [0.5, 0.6) is 0 Å². The second kappa shape index (κ2) is 3.89. The maximum Gasteiger partial charge on any atom is 0.257 e. The van der Waals surface area contributed by atoms with Crippen molar-refractivity contribution in [1.82, 2.24) is 0 Å². The summed E-state index contributed by atoms with van der Waals surface area (Å²) in [5.74, 6) is -0.865. The Labute approximate surface area is 80.1 Å². The Bertz CT molecular complexity index is 411. The molecule has 2 nitrogen and oxygen atoms in total. The average molecular weight is 221 g/mol. The normalized spacial score (nSPS) is 12.9. The highest BCUT2D eigenvalue weighted by Gasteiger charge is 2.05. The van der Waals surface area contributed by atoms with Crippen LogP contribution in [0.2, 0.25) is 0 Å². The van der Waals surface area contributed by atoms with Gasteiger partial charge in [0.05, 0.1) is 5.41 Å². The van der Waals surface area contributed by atoms with Gasteiger partial charge in [0.15, 0.2) is 0 Å². The molecule has 0 atom stereocenters. The number of rotatable bonds is 2. The van der Waals surface area contributed by atoms with Gasteiger partial charge in [-0.05, 0) is 0 Å². The van der Waals surface area contributed by atoms with Gasteiger partial charge in [-0.1, -0.05) is 30.3 Å². The predicted octanol–water partition coefficient (Wildman–Crippen LogP) is 2.52. The molecule has 0 aliphatic carbocycles. The predicted molar refractivity (Wildman–Crippen MR) is 50.3 cm³/mol. The average Bonchev–Trinajstić information content (AvgIpc) is 2.03. The standard InChI is InChI=1S/C8H6ClFO2S/c9-13(11,12)6-8(10)7-4-2-1-3-5-7/h1-6H/b8-6+. The van der Waals surface area contributed by atoms with E-state index in [0.29, 0.717) is 5.41 Å². The lowest BCUT2D eigenvalue weighted by Crippen LogP contribution is -1.83. The van der Waals surface area contributed by atoms with Crippen LogP contribution >= 0.6 is 10.7 Å². The zero-order chi connectivity index (χ0) is 9.90. The van der Waals surface area contributed by atoms with Crippen LogP contribution in [0, 0.1) is 0 Å². The molecular formula is C8H6ClFO2S. The van der Waals surface area contributed by atoms with Gasteiger partial charge in [0.1, 0.15) is 5.83 Å². The zero-order valence-electron chi connectivity index (χ0n) is 6.44. The van der Waals surface area contributed by atoms with Gasteiger partial charge in [-0.25, -0.2) is 12.8 Å². The van der Waals surface area contributed by atoms with Gasteiger partial charge in [0, 0.05) is 16.2 Å². The third-order valence-corrected chi connectivity index (χ3v) is 2.05. The monoisotopic (exact) mass is 220 g/mol. The van der Waals surface area contributed by atoms with Gasteiger partial charge in [-0.15, -0.1) is 0 Å². The van der Waals surface area contributed by atoms with Crippen LogP contribution in [0.1, 0.15) is 5.56 Å². The molecule has 0 heterocycles. The topological polar surface area (TPSA) is 34.1 Å². The summed E-state index contributed by atoms with van der Waals surface area (Å²) in [5, 5.41) is 0.379. The van der Waals surface area contributed by atoms with Gasteiger partial charge in [-0.3, -0.25) is 0 Å². The molecule has 0 bridgehead atoms. The smallest absolute Gasteiger partial charge is 0.207 e. The first-order valence-corrected chi connectivity index (χ1v) is 5.73. The summed E-state index contributed by atoms with van der Waals surface area (Å²) in [7, 11) is 0.897. The molecule has 0 aromatic heterocycles. The molecule has 0 saturated heterocycles. The van der Waals surface area contributed by atoms with E-state index in [1.54, 1.807) is 18.2 Å². The van der Waals surface area contributed by atoms with E-state index in [4.69, 9.17) is 10.7 Å². The van der Waals surface area contributed by atoms with Crippen LogP contribution in [0.15, 0.2) is 35.7 Å². The molecule has 0 spiro atoms. The summed E-state index contributed by atoms with van der Waals surface area (Å²) >= 11 is 0. The molecule has 0 fully saturated rings. The Balaban J connectivity index is 3.06. The van der Waals surface area contributed by atoms with Crippen LogP contribution in [0.25, 0.3) is 5.83 Å². The summed E-state index contributed by atoms with van der Waals surface area (Å²) in [6, 6.07) is 7.81. The first kappa shape index (κ1) is 10.2. The van der Waals surface area contributed by atoms with E-state index in [-0.39, 0.29) is 5.56 Å². The molecular weight excluding hydrogens is 215 g/mol. The van der Waals surface area contributed by atoms with E-state index < -0.39 is 14.9 Å². The van der Waals surface area contributed by atoms with Crippen molar-refractivity contribution >= 4 is 25.6 Å². The number of hydrogen-bond acceptors (Lipinski definition) is 2. The van der Waals surface area contributed by atoms with Gasteiger partial charge in [-0.2, -0.15) is 0 Å². The van der Waals surface area contributed by atoms with Gasteiger partial charge in [0.25, 0.3) is 9.05 Å². The summed E-state index contributed by atoms with van der Waals surface area (Å²) in [4.78, 5) is 0. The van der Waals surface area contributed by atoms with Gasteiger partial charge >= 0.3 is 0 Å². The molecule has 0 aliphatic rings. The molecule has 0 aliphatic heterocycles. The van der Waals surface area contributed by atoms with Crippen LogP contribution in [-0.2, 0) is 9.05 Å². The summed E-state index contributed by atoms with van der Waals surface area (Å²) < 4.78 is 34.0. The van der Waals surface area contributed by atoms with Crippen LogP contribution in [0.4, 0.5) is 4.39 Å². The van der Waals surface area contributed by atoms with Crippen molar-refractivity contribution in [3.63, 3.8) is 0 Å². The lowest BCUT2D eigenvalue weighted by atomic mass is 10.2. The van der Waals surface area contributed by atoms with Crippen LogP contribution in [0.3, 0.4) is 0 Å². The zero-order valence-corrected chi connectivity index (χ0v) is 8.02. The number of halogens is 2.